The molecule has 2 aliphatic rings. The van der Waals surface area contributed by atoms with E-state index in [0.29, 0.717) is 18.4 Å². The highest BCUT2D eigenvalue weighted by Crippen LogP contribution is 2.38. The van der Waals surface area contributed by atoms with Crippen LogP contribution in [0.1, 0.15) is 35.1 Å². The van der Waals surface area contributed by atoms with Crippen LogP contribution in [0.25, 0.3) is 10.6 Å². The predicted octanol–water partition coefficient (Wildman–Crippen LogP) is 3.75. The minimum atomic E-state index is 0. The Hall–Kier alpha value is -1.63. The first kappa shape index (κ1) is 20.1. The van der Waals surface area contributed by atoms with Crippen LogP contribution in [0.3, 0.4) is 0 Å². The molecule has 27 heavy (non-hydrogen) atoms. The molecule has 146 valence electrons. The second-order valence-corrected chi connectivity index (χ2v) is 8.27. The minimum Gasteiger partial charge on any atom is -0.494 e. The van der Waals surface area contributed by atoms with Crippen LogP contribution < -0.4 is 10.5 Å². The average Bonchev–Trinajstić information content (AvgIpc) is 3.32. The van der Waals surface area contributed by atoms with Crippen LogP contribution in [0.15, 0.2) is 24.3 Å². The van der Waals surface area contributed by atoms with Gasteiger partial charge in [-0.3, -0.25) is 4.79 Å². The van der Waals surface area contributed by atoms with Gasteiger partial charge < -0.3 is 15.4 Å². The molecule has 3 atom stereocenters. The Morgan fingerprint density at radius 3 is 2.70 bits per heavy atom. The van der Waals surface area contributed by atoms with E-state index in [0.717, 1.165) is 52.8 Å². The van der Waals surface area contributed by atoms with Crippen LogP contribution in [0.5, 0.6) is 5.75 Å². The molecule has 1 saturated heterocycles. The molecule has 5 nitrogen and oxygen atoms in total. The third kappa shape index (κ3) is 3.84. The first-order valence-corrected chi connectivity index (χ1v) is 10.1. The number of aryl methyl sites for hydroxylation is 1. The second-order valence-electron chi connectivity index (χ2n) is 7.27. The smallest absolute Gasteiger partial charge is 0.265 e. The summed E-state index contributed by atoms with van der Waals surface area (Å²) in [5.74, 6) is 2.00. The summed E-state index contributed by atoms with van der Waals surface area (Å²) in [7, 11) is 0. The van der Waals surface area contributed by atoms with Crippen molar-refractivity contribution in [1.29, 1.82) is 0 Å². The number of thiazole rings is 1. The zero-order valence-corrected chi connectivity index (χ0v) is 17.3. The molecule has 0 bridgehead atoms. The zero-order valence-electron chi connectivity index (χ0n) is 15.7. The number of amides is 1. The number of nitrogens with zero attached hydrogens (tertiary/aromatic N) is 2. The molecular weight excluding hydrogens is 382 g/mol. The Morgan fingerprint density at radius 1 is 1.30 bits per heavy atom. The molecule has 1 saturated carbocycles. The first-order valence-electron chi connectivity index (χ1n) is 9.32. The second kappa shape index (κ2) is 8.17. The molecule has 2 N–H and O–H groups in total. The average molecular weight is 408 g/mol. The van der Waals surface area contributed by atoms with Crippen LogP contribution in [0.2, 0.25) is 0 Å². The van der Waals surface area contributed by atoms with Crippen molar-refractivity contribution >= 4 is 29.7 Å². The first-order chi connectivity index (χ1) is 12.6. The van der Waals surface area contributed by atoms with Gasteiger partial charge in [0.25, 0.3) is 5.91 Å². The maximum atomic E-state index is 13.0. The number of hydrogen-bond acceptors (Lipinski definition) is 5. The maximum absolute atomic E-state index is 13.0. The summed E-state index contributed by atoms with van der Waals surface area (Å²) in [5, 5.41) is 0.880. The quantitative estimate of drug-likeness (QED) is 0.838. The number of likely N-dealkylation sites (tertiary alicyclic amines) is 1. The lowest BCUT2D eigenvalue weighted by molar-refractivity contribution is 0.0783. The molecule has 0 radical (unpaired) electrons. The number of rotatable bonds is 4. The van der Waals surface area contributed by atoms with E-state index in [9.17, 15) is 4.79 Å². The van der Waals surface area contributed by atoms with E-state index in [2.05, 4.69) is 4.98 Å². The molecular formula is C20H26ClN3O2S. The largest absolute Gasteiger partial charge is 0.494 e. The van der Waals surface area contributed by atoms with Crippen LogP contribution in [0.4, 0.5) is 0 Å². The Bertz CT molecular complexity index is 808. The van der Waals surface area contributed by atoms with E-state index in [-0.39, 0.29) is 24.4 Å². The lowest BCUT2D eigenvalue weighted by Gasteiger charge is -2.18. The highest BCUT2D eigenvalue weighted by atomic mass is 35.5. The number of hydrogen-bond donors (Lipinski definition) is 1. The molecule has 1 aromatic heterocycles. The van der Waals surface area contributed by atoms with E-state index < -0.39 is 0 Å². The Morgan fingerprint density at radius 2 is 2.04 bits per heavy atom. The standard InChI is InChI=1S/C20H25N3O2S.ClH/c1-3-25-15-7-4-13(5-8-15)19-22-12(2)18(26-19)20(24)23-10-14-6-9-17(21)16(14)11-23;/h4-5,7-8,14,16-17H,3,6,9-11,21H2,1-2H3;1H. The van der Waals surface area contributed by atoms with Crippen molar-refractivity contribution in [1.82, 2.24) is 9.88 Å². The summed E-state index contributed by atoms with van der Waals surface area (Å²) < 4.78 is 5.49. The van der Waals surface area contributed by atoms with Gasteiger partial charge in [0.2, 0.25) is 0 Å². The van der Waals surface area contributed by atoms with E-state index in [1.54, 1.807) is 0 Å². The lowest BCUT2D eigenvalue weighted by Crippen LogP contribution is -2.33. The summed E-state index contributed by atoms with van der Waals surface area (Å²) in [6.07, 6.45) is 2.24. The van der Waals surface area contributed by atoms with Crippen LogP contribution in [-0.4, -0.2) is 41.5 Å². The van der Waals surface area contributed by atoms with Gasteiger partial charge in [-0.1, -0.05) is 0 Å². The van der Waals surface area contributed by atoms with Gasteiger partial charge in [0, 0.05) is 24.7 Å². The third-order valence-electron chi connectivity index (χ3n) is 5.60. The molecule has 1 aromatic carbocycles. The Kier molecular flexibility index (Phi) is 6.08. The van der Waals surface area contributed by atoms with E-state index in [1.807, 2.05) is 43.0 Å². The molecule has 1 amide bonds. The van der Waals surface area contributed by atoms with Crippen molar-refractivity contribution in [2.24, 2.45) is 17.6 Å². The minimum absolute atomic E-state index is 0. The molecule has 4 rings (SSSR count). The van der Waals surface area contributed by atoms with Gasteiger partial charge in [-0.2, -0.15) is 0 Å². The van der Waals surface area contributed by atoms with Crippen molar-refractivity contribution in [2.75, 3.05) is 19.7 Å². The zero-order chi connectivity index (χ0) is 18.3. The fourth-order valence-electron chi connectivity index (χ4n) is 4.20. The molecule has 0 spiro atoms. The molecule has 2 fully saturated rings. The van der Waals surface area contributed by atoms with E-state index in [1.165, 1.54) is 11.3 Å². The Balaban J connectivity index is 0.00000210. The van der Waals surface area contributed by atoms with Crippen LogP contribution in [-0.2, 0) is 0 Å². The highest BCUT2D eigenvalue weighted by Gasteiger charge is 2.43. The van der Waals surface area contributed by atoms with Gasteiger partial charge in [-0.05, 0) is 62.8 Å². The number of aromatic nitrogens is 1. The number of carbonyl (C=O) groups excluding carboxylic acids is 1. The Labute approximate surface area is 170 Å². The van der Waals surface area contributed by atoms with Crippen molar-refractivity contribution in [3.05, 3.63) is 34.8 Å². The summed E-state index contributed by atoms with van der Waals surface area (Å²) in [4.78, 5) is 20.4. The fourth-order valence-corrected chi connectivity index (χ4v) is 5.24. The SMILES string of the molecule is CCOc1ccc(-c2nc(C)c(C(=O)N3CC4CCC(N)C4C3)s2)cc1.Cl. The van der Waals surface area contributed by atoms with E-state index in [4.69, 9.17) is 10.5 Å². The van der Waals surface area contributed by atoms with E-state index >= 15 is 0 Å². The van der Waals surface area contributed by atoms with Crippen LogP contribution in [0, 0.1) is 18.8 Å². The molecule has 1 aliphatic heterocycles. The summed E-state index contributed by atoms with van der Waals surface area (Å²) in [5.41, 5.74) is 8.03. The van der Waals surface area contributed by atoms with Crippen molar-refractivity contribution in [2.45, 2.75) is 32.7 Å². The van der Waals surface area contributed by atoms with Gasteiger partial charge in [-0.25, -0.2) is 4.98 Å². The van der Waals surface area contributed by atoms with Crippen molar-refractivity contribution < 1.29 is 9.53 Å². The van der Waals surface area contributed by atoms with Crippen LogP contribution >= 0.6 is 23.7 Å². The number of fused-ring (bicyclic) bond motifs is 1. The van der Waals surface area contributed by atoms with Crippen molar-refractivity contribution in [3.8, 4) is 16.3 Å². The number of carbonyl (C=O) groups is 1. The number of halogens is 1. The monoisotopic (exact) mass is 407 g/mol. The number of nitrogens with two attached hydrogens (primary N) is 1. The number of ether oxygens (including phenoxy) is 1. The molecule has 3 unspecified atom stereocenters. The summed E-state index contributed by atoms with van der Waals surface area (Å²) in [6, 6.07) is 8.13. The van der Waals surface area contributed by atoms with Gasteiger partial charge in [-0.15, -0.1) is 23.7 Å². The number of benzene rings is 1. The summed E-state index contributed by atoms with van der Waals surface area (Å²) >= 11 is 1.48. The molecule has 2 heterocycles. The topological polar surface area (TPSA) is 68.5 Å². The van der Waals surface area contributed by atoms with Gasteiger partial charge >= 0.3 is 0 Å². The van der Waals surface area contributed by atoms with Gasteiger partial charge in [0.05, 0.1) is 12.3 Å². The lowest BCUT2D eigenvalue weighted by atomic mass is 9.98. The third-order valence-corrected chi connectivity index (χ3v) is 6.80. The predicted molar refractivity (Wildman–Crippen MR) is 111 cm³/mol. The molecule has 7 heteroatoms. The van der Waals surface area contributed by atoms with Gasteiger partial charge in [0.15, 0.2) is 0 Å². The maximum Gasteiger partial charge on any atom is 0.265 e. The van der Waals surface area contributed by atoms with Gasteiger partial charge in [0.1, 0.15) is 15.6 Å². The highest BCUT2D eigenvalue weighted by molar-refractivity contribution is 7.17. The fraction of sp³-hybridized carbons (Fsp3) is 0.500. The normalized spacial score (nSPS) is 23.8. The molecule has 1 aliphatic carbocycles. The summed E-state index contributed by atoms with van der Waals surface area (Å²) in [6.45, 7) is 6.17. The molecule has 2 aromatic rings. The van der Waals surface area contributed by atoms with Crippen molar-refractivity contribution in [3.63, 3.8) is 0 Å².